The molecule has 2 aromatic rings. The number of anilines is 1. The Labute approximate surface area is 128 Å². The van der Waals surface area contributed by atoms with Crippen LogP contribution in [0.1, 0.15) is 16.0 Å². The summed E-state index contributed by atoms with van der Waals surface area (Å²) in [6, 6.07) is 3.59. The predicted octanol–water partition coefficient (Wildman–Crippen LogP) is 3.14. The molecule has 0 spiro atoms. The van der Waals surface area contributed by atoms with Crippen LogP contribution in [0.5, 0.6) is 0 Å². The summed E-state index contributed by atoms with van der Waals surface area (Å²) in [6.07, 6.45) is -3.39. The molecule has 0 amide bonds. The van der Waals surface area contributed by atoms with Gasteiger partial charge in [0.2, 0.25) is 0 Å². The van der Waals surface area contributed by atoms with Crippen molar-refractivity contribution in [2.45, 2.75) is 18.0 Å². The van der Waals surface area contributed by atoms with E-state index in [-0.39, 0.29) is 5.13 Å². The monoisotopic (exact) mass is 347 g/mol. The van der Waals surface area contributed by atoms with Crippen LogP contribution in [0.3, 0.4) is 0 Å². The largest absolute Gasteiger partial charge is 0.417 e. The highest BCUT2D eigenvalue weighted by Crippen LogP contribution is 2.33. The number of alkyl halides is 3. The van der Waals surface area contributed by atoms with E-state index in [1.807, 2.05) is 0 Å². The van der Waals surface area contributed by atoms with Crippen molar-refractivity contribution in [1.29, 1.82) is 5.26 Å². The Balaban J connectivity index is 2.46. The Morgan fingerprint density at radius 1 is 1.36 bits per heavy atom. The van der Waals surface area contributed by atoms with Gasteiger partial charge in [-0.3, -0.25) is 4.72 Å². The Bertz CT molecular complexity index is 851. The Morgan fingerprint density at radius 2 is 2.05 bits per heavy atom. The number of rotatable bonds is 3. The number of aromatic nitrogens is 1. The molecule has 0 fully saturated rings. The van der Waals surface area contributed by atoms with Gasteiger partial charge in [0, 0.05) is 11.1 Å². The van der Waals surface area contributed by atoms with Crippen molar-refractivity contribution in [1.82, 2.24) is 4.98 Å². The summed E-state index contributed by atoms with van der Waals surface area (Å²) in [7, 11) is -4.22. The molecule has 10 heteroatoms. The maximum absolute atomic E-state index is 12.9. The van der Waals surface area contributed by atoms with E-state index in [4.69, 9.17) is 5.26 Å². The summed E-state index contributed by atoms with van der Waals surface area (Å²) < 4.78 is 64.9. The minimum atomic E-state index is -4.83. The standard InChI is InChI=1S/C12H8F3N3O2S2/c1-7-6-17-11(21-7)18-22(19,20)9-3-2-8(5-16)10(4-9)12(13,14)15/h2-4,6H,1H3,(H,17,18). The van der Waals surface area contributed by atoms with Crippen molar-refractivity contribution < 1.29 is 21.6 Å². The van der Waals surface area contributed by atoms with Crippen LogP contribution in [0.25, 0.3) is 0 Å². The van der Waals surface area contributed by atoms with E-state index in [1.54, 1.807) is 6.92 Å². The first kappa shape index (κ1) is 16.3. The highest BCUT2D eigenvalue weighted by atomic mass is 32.2. The minimum absolute atomic E-state index is 0.0513. The minimum Gasteiger partial charge on any atom is -0.255 e. The normalized spacial score (nSPS) is 12.0. The van der Waals surface area contributed by atoms with Gasteiger partial charge in [0.15, 0.2) is 5.13 Å². The van der Waals surface area contributed by atoms with Crippen LogP contribution in [-0.2, 0) is 16.2 Å². The van der Waals surface area contributed by atoms with Gasteiger partial charge >= 0.3 is 6.18 Å². The summed E-state index contributed by atoms with van der Waals surface area (Å²) in [5.41, 5.74) is -1.94. The zero-order chi connectivity index (χ0) is 16.5. The molecular formula is C12H8F3N3O2S2. The van der Waals surface area contributed by atoms with Crippen LogP contribution >= 0.6 is 11.3 Å². The first-order valence-electron chi connectivity index (χ1n) is 5.70. The fourth-order valence-corrected chi connectivity index (χ4v) is 3.53. The van der Waals surface area contributed by atoms with Crippen LogP contribution in [0.2, 0.25) is 0 Å². The molecule has 0 radical (unpaired) electrons. The van der Waals surface area contributed by atoms with E-state index in [0.717, 1.165) is 28.3 Å². The average Bonchev–Trinajstić information content (AvgIpc) is 2.81. The molecule has 116 valence electrons. The second kappa shape index (κ2) is 5.58. The van der Waals surface area contributed by atoms with E-state index in [1.165, 1.54) is 12.3 Å². The molecule has 0 aliphatic rings. The third-order valence-corrected chi connectivity index (χ3v) is 4.86. The van der Waals surface area contributed by atoms with Gasteiger partial charge in [-0.1, -0.05) is 0 Å². The Kier molecular flexibility index (Phi) is 4.12. The van der Waals surface area contributed by atoms with Gasteiger partial charge in [0.25, 0.3) is 10.0 Å². The van der Waals surface area contributed by atoms with Crippen molar-refractivity contribution >= 4 is 26.5 Å². The lowest BCUT2D eigenvalue weighted by atomic mass is 10.1. The highest BCUT2D eigenvalue weighted by Gasteiger charge is 2.35. The van der Waals surface area contributed by atoms with E-state index in [9.17, 15) is 21.6 Å². The highest BCUT2D eigenvalue weighted by molar-refractivity contribution is 7.93. The molecule has 0 saturated heterocycles. The molecule has 0 atom stereocenters. The number of benzene rings is 1. The topological polar surface area (TPSA) is 82.8 Å². The Hall–Kier alpha value is -2.12. The summed E-state index contributed by atoms with van der Waals surface area (Å²) in [6.45, 7) is 1.71. The van der Waals surface area contributed by atoms with E-state index in [2.05, 4.69) is 9.71 Å². The Morgan fingerprint density at radius 3 is 2.55 bits per heavy atom. The lowest BCUT2D eigenvalue weighted by Crippen LogP contribution is -2.15. The maximum Gasteiger partial charge on any atom is 0.417 e. The zero-order valence-corrected chi connectivity index (χ0v) is 12.6. The van der Waals surface area contributed by atoms with Crippen molar-refractivity contribution in [2.24, 2.45) is 0 Å². The van der Waals surface area contributed by atoms with Crippen LogP contribution in [-0.4, -0.2) is 13.4 Å². The summed E-state index contributed by atoms with van der Waals surface area (Å²) in [5.74, 6) is 0. The lowest BCUT2D eigenvalue weighted by Gasteiger charge is -2.11. The van der Waals surface area contributed by atoms with Crippen molar-refractivity contribution in [3.8, 4) is 6.07 Å². The van der Waals surface area contributed by atoms with Gasteiger partial charge in [-0.2, -0.15) is 18.4 Å². The smallest absolute Gasteiger partial charge is 0.255 e. The number of hydrogen-bond acceptors (Lipinski definition) is 5. The number of hydrogen-bond donors (Lipinski definition) is 1. The van der Waals surface area contributed by atoms with Crippen LogP contribution in [0.15, 0.2) is 29.3 Å². The molecule has 0 aliphatic carbocycles. The van der Waals surface area contributed by atoms with Crippen molar-refractivity contribution in [3.63, 3.8) is 0 Å². The van der Waals surface area contributed by atoms with Crippen molar-refractivity contribution in [2.75, 3.05) is 4.72 Å². The van der Waals surface area contributed by atoms with Gasteiger partial charge in [-0.25, -0.2) is 13.4 Å². The summed E-state index contributed by atoms with van der Waals surface area (Å²) in [5, 5.41) is 8.74. The number of halogens is 3. The zero-order valence-electron chi connectivity index (χ0n) is 11.0. The number of nitrogens with zero attached hydrogens (tertiary/aromatic N) is 2. The summed E-state index contributed by atoms with van der Waals surface area (Å²) in [4.78, 5) is 3.94. The third-order valence-electron chi connectivity index (χ3n) is 2.57. The molecule has 1 aromatic heterocycles. The lowest BCUT2D eigenvalue weighted by molar-refractivity contribution is -0.137. The first-order valence-corrected chi connectivity index (χ1v) is 8.00. The fourth-order valence-electron chi connectivity index (χ4n) is 1.60. The molecule has 0 bridgehead atoms. The SMILES string of the molecule is Cc1cnc(NS(=O)(=O)c2ccc(C#N)c(C(F)(F)F)c2)s1. The number of thiazole rings is 1. The van der Waals surface area contributed by atoms with E-state index >= 15 is 0 Å². The fraction of sp³-hybridized carbons (Fsp3) is 0.167. The van der Waals surface area contributed by atoms with Gasteiger partial charge in [0.1, 0.15) is 0 Å². The molecule has 1 aromatic carbocycles. The van der Waals surface area contributed by atoms with Gasteiger partial charge in [-0.05, 0) is 25.1 Å². The second-order valence-corrected chi connectivity index (χ2v) is 7.12. The van der Waals surface area contributed by atoms with Crippen LogP contribution < -0.4 is 4.72 Å². The first-order chi connectivity index (χ1) is 10.1. The number of aryl methyl sites for hydroxylation is 1. The van der Waals surface area contributed by atoms with Crippen LogP contribution in [0.4, 0.5) is 18.3 Å². The number of nitrogens with one attached hydrogen (secondary N) is 1. The molecule has 2 rings (SSSR count). The van der Waals surface area contributed by atoms with E-state index in [0.29, 0.717) is 6.07 Å². The van der Waals surface area contributed by atoms with Gasteiger partial charge in [0.05, 0.1) is 22.1 Å². The molecular weight excluding hydrogens is 339 g/mol. The molecule has 1 heterocycles. The predicted molar refractivity (Wildman–Crippen MR) is 73.8 cm³/mol. The quantitative estimate of drug-likeness (QED) is 0.924. The van der Waals surface area contributed by atoms with Crippen molar-refractivity contribution in [3.05, 3.63) is 40.4 Å². The van der Waals surface area contributed by atoms with Gasteiger partial charge in [-0.15, -0.1) is 11.3 Å². The third kappa shape index (κ3) is 3.37. The molecule has 22 heavy (non-hydrogen) atoms. The number of nitriles is 1. The molecule has 0 saturated carbocycles. The van der Waals surface area contributed by atoms with E-state index < -0.39 is 32.2 Å². The van der Waals surface area contributed by atoms with Crippen LogP contribution in [0, 0.1) is 18.3 Å². The molecule has 0 aliphatic heterocycles. The second-order valence-electron chi connectivity index (χ2n) is 4.20. The summed E-state index contributed by atoms with van der Waals surface area (Å²) >= 11 is 1.05. The van der Waals surface area contributed by atoms with Gasteiger partial charge < -0.3 is 0 Å². The maximum atomic E-state index is 12.9. The molecule has 5 nitrogen and oxygen atoms in total. The number of sulfonamides is 1. The molecule has 0 unspecified atom stereocenters. The molecule has 1 N–H and O–H groups in total. The average molecular weight is 347 g/mol.